The van der Waals surface area contributed by atoms with Crippen LogP contribution in [-0.4, -0.2) is 59.8 Å². The number of ether oxygens (including phenoxy) is 1. The van der Waals surface area contributed by atoms with Crippen LogP contribution in [0.15, 0.2) is 0 Å². The Hall–Kier alpha value is 0.0900. The summed E-state index contributed by atoms with van der Waals surface area (Å²) in [6.45, 7) is 9.99. The first kappa shape index (κ1) is 49.2. The van der Waals surface area contributed by atoms with Gasteiger partial charge in [-0.25, -0.2) is 0 Å². The fraction of sp³-hybridized carbons (Fsp3) is 0.976. The Kier molecular flexibility index (Phi) is 46.2. The second-order valence-electron chi connectivity index (χ2n) is 13.9. The van der Waals surface area contributed by atoms with Crippen molar-refractivity contribution in [2.45, 2.75) is 219 Å². The molecule has 0 fully saturated rings. The number of rotatable bonds is 37. The van der Waals surface area contributed by atoms with E-state index in [1.165, 1.54) is 161 Å². The molecule has 1 N–H and O–H groups in total. The van der Waals surface area contributed by atoms with Crippen LogP contribution < -0.4 is 0 Å². The Morgan fingerprint density at radius 2 is 0.872 bits per heavy atom. The van der Waals surface area contributed by atoms with Crippen molar-refractivity contribution < 1.29 is 14.6 Å². The van der Waals surface area contributed by atoms with Crippen LogP contribution in [-0.2, 0) is 9.53 Å². The van der Waals surface area contributed by atoms with Gasteiger partial charge in [0.05, 0.1) is 6.61 Å². The first-order chi connectivity index (χ1) is 23.1. The topological polar surface area (TPSA) is 49.8 Å². The van der Waals surface area contributed by atoms with Gasteiger partial charge in [0.1, 0.15) is 6.10 Å². The maximum Gasteiger partial charge on any atom is 0.306 e. The molecule has 0 rings (SSSR count). The molecule has 0 unspecified atom stereocenters. The highest BCUT2D eigenvalue weighted by molar-refractivity contribution is 7.80. The number of nitrogens with zero attached hydrogens (tertiary/aromatic N) is 1. The van der Waals surface area contributed by atoms with E-state index in [0.29, 0.717) is 6.42 Å². The molecule has 47 heavy (non-hydrogen) atoms. The lowest BCUT2D eigenvalue weighted by Crippen LogP contribution is -2.29. The van der Waals surface area contributed by atoms with Gasteiger partial charge in [0.2, 0.25) is 0 Å². The van der Waals surface area contributed by atoms with Gasteiger partial charge in [-0.1, -0.05) is 149 Å². The van der Waals surface area contributed by atoms with E-state index in [1.807, 2.05) is 0 Å². The Morgan fingerprint density at radius 1 is 0.511 bits per heavy atom. The molecule has 0 bridgehead atoms. The van der Waals surface area contributed by atoms with E-state index in [2.05, 4.69) is 50.9 Å². The van der Waals surface area contributed by atoms with E-state index in [9.17, 15) is 9.90 Å². The zero-order chi connectivity index (χ0) is 34.9. The molecule has 0 aliphatic carbocycles. The minimum absolute atomic E-state index is 0.0282. The highest BCUT2D eigenvalue weighted by Crippen LogP contribution is 2.18. The summed E-state index contributed by atoms with van der Waals surface area (Å²) in [5.74, 6) is 2.08. The molecule has 6 heteroatoms. The molecule has 0 aliphatic heterocycles. The van der Waals surface area contributed by atoms with Crippen molar-refractivity contribution in [2.75, 3.05) is 37.7 Å². The molecule has 0 saturated heterocycles. The molecule has 0 aliphatic rings. The fourth-order valence-electron chi connectivity index (χ4n) is 6.12. The van der Waals surface area contributed by atoms with Crippen LogP contribution in [0.3, 0.4) is 0 Å². The minimum atomic E-state index is 0.0282. The van der Waals surface area contributed by atoms with E-state index >= 15 is 0 Å². The Balaban J connectivity index is 0. The summed E-state index contributed by atoms with van der Waals surface area (Å²) < 4.78 is 5.99. The van der Waals surface area contributed by atoms with Gasteiger partial charge in [-0.15, -0.1) is 0 Å². The summed E-state index contributed by atoms with van der Waals surface area (Å²) in [6.07, 6.45) is 37.1. The quantitative estimate of drug-likeness (QED) is 0.0342. The average molecular weight is 704 g/mol. The summed E-state index contributed by atoms with van der Waals surface area (Å²) in [5.41, 5.74) is 0. The number of esters is 1. The maximum absolute atomic E-state index is 12.6. The average Bonchev–Trinajstić information content (AvgIpc) is 3.07. The molecule has 0 amide bonds. The zero-order valence-corrected chi connectivity index (χ0v) is 33.9. The fourth-order valence-corrected chi connectivity index (χ4v) is 6.56. The molecule has 0 radical (unpaired) electrons. The number of hydrogen-bond donors (Lipinski definition) is 3. The van der Waals surface area contributed by atoms with Crippen LogP contribution in [0.2, 0.25) is 0 Å². The largest absolute Gasteiger partial charge is 0.462 e. The molecule has 284 valence electrons. The van der Waals surface area contributed by atoms with E-state index in [4.69, 9.17) is 4.74 Å². The second-order valence-corrected chi connectivity index (χ2v) is 14.8. The van der Waals surface area contributed by atoms with E-state index in [0.717, 1.165) is 56.8 Å². The molecule has 0 atom stereocenters. The van der Waals surface area contributed by atoms with Gasteiger partial charge in [0.25, 0.3) is 0 Å². The zero-order valence-electron chi connectivity index (χ0n) is 32.1. The van der Waals surface area contributed by atoms with Crippen LogP contribution >= 0.6 is 25.3 Å². The van der Waals surface area contributed by atoms with Crippen molar-refractivity contribution in [3.8, 4) is 0 Å². The van der Waals surface area contributed by atoms with Gasteiger partial charge in [0.15, 0.2) is 0 Å². The highest BCUT2D eigenvalue weighted by atomic mass is 32.1. The summed E-state index contributed by atoms with van der Waals surface area (Å²) in [4.78, 5) is 15.0. The number of carbonyl (C=O) groups is 1. The van der Waals surface area contributed by atoms with Crippen molar-refractivity contribution >= 4 is 31.2 Å². The van der Waals surface area contributed by atoms with Gasteiger partial charge in [-0.2, -0.15) is 25.3 Å². The molecular formula is C41H85NO3S2. The van der Waals surface area contributed by atoms with Crippen molar-refractivity contribution in [1.29, 1.82) is 0 Å². The number of aliphatic hydroxyl groups is 1. The van der Waals surface area contributed by atoms with Crippen molar-refractivity contribution in [3.63, 3.8) is 0 Å². The molecule has 0 spiro atoms. The first-order valence-electron chi connectivity index (χ1n) is 20.8. The van der Waals surface area contributed by atoms with Gasteiger partial charge >= 0.3 is 5.97 Å². The smallest absolute Gasteiger partial charge is 0.306 e. The predicted molar refractivity (Wildman–Crippen MR) is 217 cm³/mol. The SMILES string of the molecule is CCCCCCCCC(CCCCCCCC)OC(=O)CCCCCCCN(CCO)CCCCCCCS.CCCCCCCS. The number of carbonyl (C=O) groups excluding carboxylic acids is 1. The molecule has 4 nitrogen and oxygen atoms in total. The Morgan fingerprint density at radius 3 is 1.28 bits per heavy atom. The van der Waals surface area contributed by atoms with Crippen LogP contribution in [0, 0.1) is 0 Å². The molecular weight excluding hydrogens is 619 g/mol. The lowest BCUT2D eigenvalue weighted by atomic mass is 10.0. The van der Waals surface area contributed by atoms with Crippen molar-refractivity contribution in [1.82, 2.24) is 4.90 Å². The molecule has 0 aromatic rings. The molecule has 0 aromatic heterocycles. The van der Waals surface area contributed by atoms with Gasteiger partial charge in [-0.05, 0) is 82.4 Å². The van der Waals surface area contributed by atoms with Crippen LogP contribution in [0.25, 0.3) is 0 Å². The van der Waals surface area contributed by atoms with Crippen LogP contribution in [0.5, 0.6) is 0 Å². The van der Waals surface area contributed by atoms with Crippen LogP contribution in [0.1, 0.15) is 213 Å². The van der Waals surface area contributed by atoms with Crippen LogP contribution in [0.4, 0.5) is 0 Å². The van der Waals surface area contributed by atoms with E-state index < -0.39 is 0 Å². The van der Waals surface area contributed by atoms with Gasteiger partial charge in [0, 0.05) is 13.0 Å². The minimum Gasteiger partial charge on any atom is -0.462 e. The lowest BCUT2D eigenvalue weighted by Gasteiger charge is -2.21. The first-order valence-corrected chi connectivity index (χ1v) is 22.1. The number of aliphatic hydroxyl groups excluding tert-OH is 1. The second kappa shape index (κ2) is 44.1. The van der Waals surface area contributed by atoms with Crippen molar-refractivity contribution in [2.24, 2.45) is 0 Å². The molecule has 0 aromatic carbocycles. The summed E-state index contributed by atoms with van der Waals surface area (Å²) in [7, 11) is 0. The predicted octanol–water partition coefficient (Wildman–Crippen LogP) is 12.8. The lowest BCUT2D eigenvalue weighted by molar-refractivity contribution is -0.150. The normalized spacial score (nSPS) is 11.3. The van der Waals surface area contributed by atoms with Gasteiger partial charge in [-0.3, -0.25) is 4.79 Å². The maximum atomic E-state index is 12.6. The molecule has 0 saturated carbocycles. The van der Waals surface area contributed by atoms with E-state index in [-0.39, 0.29) is 18.7 Å². The Bertz CT molecular complexity index is 559. The number of hydrogen-bond acceptors (Lipinski definition) is 6. The third kappa shape index (κ3) is 42.2. The highest BCUT2D eigenvalue weighted by Gasteiger charge is 2.14. The summed E-state index contributed by atoms with van der Waals surface area (Å²) in [5, 5.41) is 9.39. The molecule has 0 heterocycles. The summed E-state index contributed by atoms with van der Waals surface area (Å²) >= 11 is 8.41. The third-order valence-corrected chi connectivity index (χ3v) is 9.86. The number of unbranched alkanes of at least 4 members (excludes halogenated alkanes) is 22. The standard InChI is InChI=1S/C34H69NO3S.C7H16S/c1-3-5-7-9-13-19-25-33(26-20-14-10-8-6-4-2)38-34(37)27-21-15-11-16-22-28-35(30-31-36)29-23-17-12-18-24-32-39;1-2-3-4-5-6-7-8/h33,36,39H,3-32H2,1-2H3;8H,2-7H2,1H3. The third-order valence-electron chi connectivity index (χ3n) is 9.22. The van der Waals surface area contributed by atoms with E-state index in [1.54, 1.807) is 0 Å². The number of thiol groups is 2. The monoisotopic (exact) mass is 704 g/mol. The van der Waals surface area contributed by atoms with Gasteiger partial charge < -0.3 is 14.7 Å². The summed E-state index contributed by atoms with van der Waals surface area (Å²) in [6, 6.07) is 0. The Labute approximate surface area is 306 Å². The van der Waals surface area contributed by atoms with Crippen molar-refractivity contribution in [3.05, 3.63) is 0 Å².